The summed E-state index contributed by atoms with van der Waals surface area (Å²) in [6.07, 6.45) is 1.18. The molecule has 4 heterocycles. The molecule has 4 rings (SSSR count). The van der Waals surface area contributed by atoms with Crippen LogP contribution in [-0.4, -0.2) is 59.3 Å². The van der Waals surface area contributed by atoms with E-state index in [1.807, 2.05) is 33.1 Å². The third-order valence-corrected chi connectivity index (χ3v) is 4.97. The van der Waals surface area contributed by atoms with E-state index in [1.54, 1.807) is 13.8 Å². The standard InChI is InChI=1S/C8H14BN4.C6H6F2N2.C6H7FN2.C5H4F2N2/c1-5-9-13(4)8-11-6(2)10-7(3)12-8;1-3-4(2)9-6(8)10-5(3)7;1-4-5(2)8-3-9-6(4)7;1-3-8-4(6)2-5(7)9-3/h5H2,1-4H3;1-2H3;3H,1-2H3;2H,1H3. The molecule has 0 fully saturated rings. The summed E-state index contributed by atoms with van der Waals surface area (Å²) in [6.45, 7) is 13.7. The van der Waals surface area contributed by atoms with Gasteiger partial charge in [0.05, 0.1) is 0 Å². The Kier molecular flexibility index (Phi) is 14.2. The maximum Gasteiger partial charge on any atom is 0.311 e. The summed E-state index contributed by atoms with van der Waals surface area (Å²) < 4.78 is 61.1. The highest BCUT2D eigenvalue weighted by Gasteiger charge is 2.06. The van der Waals surface area contributed by atoms with Crippen LogP contribution in [0.1, 0.15) is 46.9 Å². The number of hydrogen-bond acceptors (Lipinski definition) is 10. The quantitative estimate of drug-likeness (QED) is 0.147. The molecule has 0 aromatic carbocycles. The van der Waals surface area contributed by atoms with E-state index in [0.717, 1.165) is 18.0 Å². The second-order valence-electron chi connectivity index (χ2n) is 8.36. The fraction of sp³-hybridized carbons (Fsp3) is 0.400. The summed E-state index contributed by atoms with van der Waals surface area (Å²) in [5.41, 5.74) is 1.85. The Bertz CT molecular complexity index is 1310. The predicted molar refractivity (Wildman–Crippen MR) is 144 cm³/mol. The molecule has 0 atom stereocenters. The highest BCUT2D eigenvalue weighted by molar-refractivity contribution is 6.40. The Morgan fingerprint density at radius 1 is 0.634 bits per heavy atom. The fourth-order valence-corrected chi connectivity index (χ4v) is 2.68. The van der Waals surface area contributed by atoms with Crippen molar-refractivity contribution in [1.29, 1.82) is 0 Å². The van der Waals surface area contributed by atoms with Crippen LogP contribution in [0.3, 0.4) is 0 Å². The van der Waals surface area contributed by atoms with Gasteiger partial charge in [-0.3, -0.25) is 0 Å². The smallest absolute Gasteiger partial charge is 0.311 e. The molecule has 0 aliphatic carbocycles. The molecule has 1 radical (unpaired) electrons. The van der Waals surface area contributed by atoms with Gasteiger partial charge in [0.15, 0.2) is 0 Å². The molecule has 41 heavy (non-hydrogen) atoms. The molecule has 10 nitrogen and oxygen atoms in total. The zero-order chi connectivity index (χ0) is 31.3. The number of hydrogen-bond donors (Lipinski definition) is 0. The van der Waals surface area contributed by atoms with Crippen LogP contribution in [0.15, 0.2) is 12.4 Å². The monoisotopic (exact) mass is 577 g/mol. The van der Waals surface area contributed by atoms with Gasteiger partial charge >= 0.3 is 6.08 Å². The third kappa shape index (κ3) is 12.7. The van der Waals surface area contributed by atoms with Crippen molar-refractivity contribution in [2.24, 2.45) is 0 Å². The Balaban J connectivity index is 0.000000277. The van der Waals surface area contributed by atoms with Crippen molar-refractivity contribution in [3.63, 3.8) is 0 Å². The predicted octanol–water partition coefficient (Wildman–Crippen LogP) is 4.65. The van der Waals surface area contributed by atoms with Crippen molar-refractivity contribution in [3.8, 4) is 0 Å². The first-order chi connectivity index (χ1) is 19.1. The van der Waals surface area contributed by atoms with Crippen molar-refractivity contribution in [2.45, 2.75) is 61.7 Å². The van der Waals surface area contributed by atoms with Crippen LogP contribution in [0.5, 0.6) is 0 Å². The van der Waals surface area contributed by atoms with Crippen molar-refractivity contribution in [3.05, 3.63) is 82.3 Å². The van der Waals surface area contributed by atoms with Gasteiger partial charge in [0.1, 0.15) is 23.8 Å². The highest BCUT2D eigenvalue weighted by Crippen LogP contribution is 2.06. The fourth-order valence-electron chi connectivity index (χ4n) is 2.68. The molecule has 0 unspecified atom stereocenters. The molecular formula is C25H31BF5N10. The van der Waals surface area contributed by atoms with Crippen molar-refractivity contribution >= 4 is 13.4 Å². The van der Waals surface area contributed by atoms with Gasteiger partial charge in [-0.05, 0) is 55.5 Å². The van der Waals surface area contributed by atoms with Gasteiger partial charge in [-0.15, -0.1) is 0 Å². The molecule has 0 bridgehead atoms. The summed E-state index contributed by atoms with van der Waals surface area (Å²) in [7, 11) is 3.98. The lowest BCUT2D eigenvalue weighted by Crippen LogP contribution is -2.24. The maximum atomic E-state index is 12.4. The number of halogens is 5. The minimum atomic E-state index is -1.01. The average Bonchev–Trinajstić information content (AvgIpc) is 2.86. The van der Waals surface area contributed by atoms with E-state index in [2.05, 4.69) is 51.8 Å². The van der Waals surface area contributed by atoms with E-state index in [0.29, 0.717) is 34.5 Å². The number of anilines is 1. The number of nitrogens with zero attached hydrogens (tertiary/aromatic N) is 10. The first-order valence-electron chi connectivity index (χ1n) is 12.2. The summed E-state index contributed by atoms with van der Waals surface area (Å²) in [4.78, 5) is 34.3. The number of rotatable bonds is 3. The maximum absolute atomic E-state index is 12.4. The first kappa shape index (κ1) is 34.8. The van der Waals surface area contributed by atoms with Gasteiger partial charge in [-0.2, -0.15) is 36.9 Å². The zero-order valence-electron chi connectivity index (χ0n) is 24.3. The van der Waals surface area contributed by atoms with Crippen molar-refractivity contribution in [1.82, 2.24) is 44.9 Å². The number of aryl methyl sites for hydroxylation is 5. The minimum Gasteiger partial charge on any atom is -0.392 e. The lowest BCUT2D eigenvalue weighted by Gasteiger charge is -2.15. The van der Waals surface area contributed by atoms with Gasteiger partial charge in [-0.25, -0.2) is 29.9 Å². The van der Waals surface area contributed by atoms with Gasteiger partial charge in [0, 0.05) is 28.6 Å². The van der Waals surface area contributed by atoms with Crippen LogP contribution in [0, 0.1) is 78.3 Å². The van der Waals surface area contributed by atoms with E-state index < -0.39 is 29.9 Å². The van der Waals surface area contributed by atoms with Crippen molar-refractivity contribution < 1.29 is 22.0 Å². The zero-order valence-corrected chi connectivity index (χ0v) is 24.3. The Labute approximate surface area is 236 Å². The summed E-state index contributed by atoms with van der Waals surface area (Å²) in [6, 6.07) is 0.632. The Morgan fingerprint density at radius 2 is 1.15 bits per heavy atom. The second-order valence-corrected chi connectivity index (χ2v) is 8.36. The molecule has 0 aliphatic rings. The van der Waals surface area contributed by atoms with Crippen LogP contribution >= 0.6 is 0 Å². The first-order valence-corrected chi connectivity index (χ1v) is 12.2. The molecule has 0 N–H and O–H groups in total. The summed E-state index contributed by atoms with van der Waals surface area (Å²) in [5, 5.41) is 0. The number of aromatic nitrogens is 9. The largest absolute Gasteiger partial charge is 0.392 e. The minimum absolute atomic E-state index is 0.104. The van der Waals surface area contributed by atoms with Gasteiger partial charge in [0.2, 0.25) is 37.2 Å². The Morgan fingerprint density at radius 3 is 1.59 bits per heavy atom. The Hall–Kier alpha value is -4.24. The van der Waals surface area contributed by atoms with Crippen LogP contribution in [0.25, 0.3) is 0 Å². The van der Waals surface area contributed by atoms with Gasteiger partial charge < -0.3 is 4.81 Å². The average molecular weight is 577 g/mol. The third-order valence-electron chi connectivity index (χ3n) is 4.97. The summed E-state index contributed by atoms with van der Waals surface area (Å²) >= 11 is 0. The molecule has 16 heteroatoms. The SMILES string of the molecule is CC[B]N(C)c1nc(C)nc(C)n1.Cc1nc(F)cc(F)n1.Cc1nc(F)nc(F)c1C.Cc1ncnc(F)c1C. The van der Waals surface area contributed by atoms with Crippen molar-refractivity contribution in [2.75, 3.05) is 11.9 Å². The normalized spacial score (nSPS) is 9.80. The van der Waals surface area contributed by atoms with Crippen LogP contribution < -0.4 is 4.81 Å². The van der Waals surface area contributed by atoms with Gasteiger partial charge in [0.25, 0.3) is 0 Å². The highest BCUT2D eigenvalue weighted by atomic mass is 19.2. The lowest BCUT2D eigenvalue weighted by atomic mass is 9.88. The second kappa shape index (κ2) is 16.8. The topological polar surface area (TPSA) is 119 Å². The molecular weight excluding hydrogens is 546 g/mol. The molecule has 4 aromatic heterocycles. The van der Waals surface area contributed by atoms with Crippen LogP contribution in [-0.2, 0) is 0 Å². The van der Waals surface area contributed by atoms with Gasteiger partial charge in [-0.1, -0.05) is 13.2 Å². The molecule has 0 aliphatic heterocycles. The molecule has 0 amide bonds. The molecule has 0 saturated heterocycles. The molecule has 4 aromatic rings. The van der Waals surface area contributed by atoms with E-state index in [9.17, 15) is 22.0 Å². The summed E-state index contributed by atoms with van der Waals surface area (Å²) in [5.74, 6) is -0.537. The van der Waals surface area contributed by atoms with Crippen LogP contribution in [0.2, 0.25) is 6.32 Å². The van der Waals surface area contributed by atoms with E-state index in [4.69, 9.17) is 0 Å². The molecule has 0 saturated carbocycles. The molecule has 219 valence electrons. The van der Waals surface area contributed by atoms with E-state index >= 15 is 0 Å². The van der Waals surface area contributed by atoms with E-state index in [1.165, 1.54) is 27.1 Å². The van der Waals surface area contributed by atoms with Crippen LogP contribution in [0.4, 0.5) is 27.9 Å². The molecule has 0 spiro atoms. The van der Waals surface area contributed by atoms with E-state index in [-0.39, 0.29) is 5.82 Å². The lowest BCUT2D eigenvalue weighted by molar-refractivity contribution is 0.473.